The third-order valence-corrected chi connectivity index (χ3v) is 3.38. The zero-order valence-corrected chi connectivity index (χ0v) is 12.1. The molecule has 1 N–H and O–H groups in total. The van der Waals surface area contributed by atoms with Crippen LogP contribution in [0.5, 0.6) is 0 Å². The SMILES string of the molecule is CS(=O)(=O)Nc1ccc(C(=O)/C=C\c2csnn2)cc1. The smallest absolute Gasteiger partial charge is 0.229 e. The Bertz CT molecular complexity index is 720. The van der Waals surface area contributed by atoms with Crippen molar-refractivity contribution < 1.29 is 13.2 Å². The third kappa shape index (κ3) is 4.25. The van der Waals surface area contributed by atoms with Crippen LogP contribution in [0.2, 0.25) is 0 Å². The molecule has 0 amide bonds. The number of benzene rings is 1. The van der Waals surface area contributed by atoms with Crippen LogP contribution in [0.4, 0.5) is 5.69 Å². The molecule has 1 aromatic carbocycles. The molecule has 104 valence electrons. The number of hydrogen-bond acceptors (Lipinski definition) is 6. The van der Waals surface area contributed by atoms with Crippen molar-refractivity contribution in [2.24, 2.45) is 0 Å². The van der Waals surface area contributed by atoms with E-state index in [1.807, 2.05) is 0 Å². The highest BCUT2D eigenvalue weighted by atomic mass is 32.2. The van der Waals surface area contributed by atoms with Crippen LogP contribution >= 0.6 is 11.5 Å². The van der Waals surface area contributed by atoms with Gasteiger partial charge < -0.3 is 0 Å². The number of sulfonamides is 1. The van der Waals surface area contributed by atoms with Gasteiger partial charge in [-0.1, -0.05) is 4.49 Å². The number of carbonyl (C=O) groups excluding carboxylic acids is 1. The van der Waals surface area contributed by atoms with Crippen LogP contribution in [-0.4, -0.2) is 30.0 Å². The third-order valence-electron chi connectivity index (χ3n) is 2.26. The maximum atomic E-state index is 11.9. The van der Waals surface area contributed by atoms with E-state index in [4.69, 9.17) is 0 Å². The number of rotatable bonds is 5. The highest BCUT2D eigenvalue weighted by Gasteiger charge is 2.04. The molecule has 0 aliphatic heterocycles. The quantitative estimate of drug-likeness (QED) is 0.672. The van der Waals surface area contributed by atoms with Gasteiger partial charge in [-0.3, -0.25) is 9.52 Å². The maximum Gasteiger partial charge on any atom is 0.229 e. The Morgan fingerprint density at radius 1 is 1.30 bits per heavy atom. The van der Waals surface area contributed by atoms with Gasteiger partial charge in [0.2, 0.25) is 10.0 Å². The van der Waals surface area contributed by atoms with Crippen LogP contribution < -0.4 is 4.72 Å². The molecule has 0 atom stereocenters. The van der Waals surface area contributed by atoms with Gasteiger partial charge in [-0.2, -0.15) is 0 Å². The highest BCUT2D eigenvalue weighted by molar-refractivity contribution is 7.92. The summed E-state index contributed by atoms with van der Waals surface area (Å²) in [5, 5.41) is 5.51. The van der Waals surface area contributed by atoms with E-state index in [1.165, 1.54) is 29.7 Å². The summed E-state index contributed by atoms with van der Waals surface area (Å²) >= 11 is 1.21. The molecule has 1 aromatic heterocycles. The maximum absolute atomic E-state index is 11.9. The fourth-order valence-corrected chi connectivity index (χ4v) is 2.40. The molecule has 0 spiro atoms. The molecule has 0 fully saturated rings. The van der Waals surface area contributed by atoms with E-state index in [2.05, 4.69) is 14.3 Å². The summed E-state index contributed by atoms with van der Waals surface area (Å²) in [5.74, 6) is -0.191. The van der Waals surface area contributed by atoms with Crippen LogP contribution in [0.25, 0.3) is 6.08 Å². The second-order valence-corrected chi connectivity index (χ2v) is 6.34. The van der Waals surface area contributed by atoms with Gasteiger partial charge in [0.25, 0.3) is 0 Å². The fraction of sp³-hybridized carbons (Fsp3) is 0.0833. The summed E-state index contributed by atoms with van der Waals surface area (Å²) in [5.41, 5.74) is 1.50. The van der Waals surface area contributed by atoms with E-state index >= 15 is 0 Å². The summed E-state index contributed by atoms with van der Waals surface area (Å²) in [6, 6.07) is 6.18. The van der Waals surface area contributed by atoms with E-state index in [1.54, 1.807) is 23.6 Å². The Kier molecular flexibility index (Phi) is 4.26. The fourth-order valence-electron chi connectivity index (χ4n) is 1.42. The summed E-state index contributed by atoms with van der Waals surface area (Å²) < 4.78 is 28.1. The average molecular weight is 309 g/mol. The zero-order chi connectivity index (χ0) is 14.6. The molecular weight excluding hydrogens is 298 g/mol. The van der Waals surface area contributed by atoms with Gasteiger partial charge in [-0.25, -0.2) is 8.42 Å². The Balaban J connectivity index is 2.08. The lowest BCUT2D eigenvalue weighted by Crippen LogP contribution is -2.09. The molecule has 0 saturated carbocycles. The molecule has 2 aromatic rings. The van der Waals surface area contributed by atoms with Crippen LogP contribution in [-0.2, 0) is 10.0 Å². The number of allylic oxidation sites excluding steroid dienone is 1. The molecular formula is C12H11N3O3S2. The van der Waals surface area contributed by atoms with Gasteiger partial charge in [0.15, 0.2) is 5.78 Å². The van der Waals surface area contributed by atoms with Gasteiger partial charge >= 0.3 is 0 Å². The lowest BCUT2D eigenvalue weighted by atomic mass is 10.1. The minimum absolute atomic E-state index is 0.191. The first-order chi connectivity index (χ1) is 9.44. The molecule has 0 aliphatic rings. The Hall–Kier alpha value is -2.06. The van der Waals surface area contributed by atoms with Crippen molar-refractivity contribution >= 4 is 39.1 Å². The van der Waals surface area contributed by atoms with E-state index in [-0.39, 0.29) is 5.78 Å². The second kappa shape index (κ2) is 5.93. The molecule has 2 rings (SSSR count). The van der Waals surface area contributed by atoms with Crippen molar-refractivity contribution in [1.82, 2.24) is 9.59 Å². The molecule has 6 nitrogen and oxygen atoms in total. The normalized spacial score (nSPS) is 11.7. The number of hydrogen-bond donors (Lipinski definition) is 1. The Morgan fingerprint density at radius 3 is 2.55 bits per heavy atom. The number of ketones is 1. The molecule has 0 saturated heterocycles. The van der Waals surface area contributed by atoms with Gasteiger partial charge in [-0.05, 0) is 47.9 Å². The predicted octanol–water partition coefficient (Wildman–Crippen LogP) is 1.81. The number of nitrogens with one attached hydrogen (secondary N) is 1. The molecule has 8 heteroatoms. The average Bonchev–Trinajstić information content (AvgIpc) is 2.88. The topological polar surface area (TPSA) is 89.0 Å². The van der Waals surface area contributed by atoms with Crippen molar-refractivity contribution in [3.05, 3.63) is 47.0 Å². The van der Waals surface area contributed by atoms with Gasteiger partial charge in [0.05, 0.1) is 11.9 Å². The summed E-state index contributed by atoms with van der Waals surface area (Å²) in [4.78, 5) is 11.9. The summed E-state index contributed by atoms with van der Waals surface area (Å²) in [7, 11) is -3.31. The molecule has 0 aliphatic carbocycles. The number of aromatic nitrogens is 2. The minimum Gasteiger partial charge on any atom is -0.289 e. The molecule has 20 heavy (non-hydrogen) atoms. The van der Waals surface area contributed by atoms with Crippen molar-refractivity contribution in [2.75, 3.05) is 11.0 Å². The molecule has 0 unspecified atom stereocenters. The van der Waals surface area contributed by atoms with E-state index in [9.17, 15) is 13.2 Å². The van der Waals surface area contributed by atoms with Crippen LogP contribution in [0.3, 0.4) is 0 Å². The summed E-state index contributed by atoms with van der Waals surface area (Å²) in [6.07, 6.45) is 4.04. The molecule has 1 heterocycles. The largest absolute Gasteiger partial charge is 0.289 e. The number of anilines is 1. The van der Waals surface area contributed by atoms with Gasteiger partial charge in [-0.15, -0.1) is 5.10 Å². The van der Waals surface area contributed by atoms with Crippen molar-refractivity contribution in [2.45, 2.75) is 0 Å². The highest BCUT2D eigenvalue weighted by Crippen LogP contribution is 2.12. The first-order valence-corrected chi connectivity index (χ1v) is 8.24. The Labute approximate surface area is 120 Å². The van der Waals surface area contributed by atoms with Crippen LogP contribution in [0.15, 0.2) is 35.7 Å². The molecule has 0 radical (unpaired) electrons. The van der Waals surface area contributed by atoms with Gasteiger partial charge in [0.1, 0.15) is 0 Å². The summed E-state index contributed by atoms with van der Waals surface area (Å²) in [6.45, 7) is 0. The number of carbonyl (C=O) groups is 1. The lowest BCUT2D eigenvalue weighted by Gasteiger charge is -2.03. The standard InChI is InChI=1S/C12H11N3O3S2/c1-20(17,18)14-10-4-2-9(3-5-10)12(16)7-6-11-8-19-15-13-11/h2-8,14H,1H3/b7-6-. The first-order valence-electron chi connectivity index (χ1n) is 5.51. The lowest BCUT2D eigenvalue weighted by molar-refractivity contribution is 0.104. The van der Waals surface area contributed by atoms with Crippen molar-refractivity contribution in [3.8, 4) is 0 Å². The monoisotopic (exact) mass is 309 g/mol. The number of nitrogens with zero attached hydrogens (tertiary/aromatic N) is 2. The Morgan fingerprint density at radius 2 is 2.00 bits per heavy atom. The minimum atomic E-state index is -3.31. The second-order valence-electron chi connectivity index (χ2n) is 3.98. The van der Waals surface area contributed by atoms with Gasteiger partial charge in [0, 0.05) is 16.6 Å². The van der Waals surface area contributed by atoms with Crippen LogP contribution in [0.1, 0.15) is 16.1 Å². The van der Waals surface area contributed by atoms with Crippen molar-refractivity contribution in [3.63, 3.8) is 0 Å². The first kappa shape index (κ1) is 14.4. The van der Waals surface area contributed by atoms with Crippen molar-refractivity contribution in [1.29, 1.82) is 0 Å². The van der Waals surface area contributed by atoms with Crippen LogP contribution in [0, 0.1) is 0 Å². The zero-order valence-electron chi connectivity index (χ0n) is 10.5. The molecule has 0 bridgehead atoms. The van der Waals surface area contributed by atoms with E-state index in [0.29, 0.717) is 16.9 Å². The predicted molar refractivity (Wildman–Crippen MR) is 78.2 cm³/mol. The van der Waals surface area contributed by atoms with E-state index in [0.717, 1.165) is 6.26 Å². The van der Waals surface area contributed by atoms with E-state index < -0.39 is 10.0 Å².